The normalized spacial score (nSPS) is 12.4. The number of likely N-dealkylation sites (N-methyl/N-ethyl adjacent to an activating group) is 1. The van der Waals surface area contributed by atoms with Gasteiger partial charge in [-0.1, -0.05) is 0 Å². The standard InChI is InChI=1S/C11H22N2O4/c1-8(2)13(6-5-10(15)16)11(17)12(4)9(3)7-14/h8-9,14H,5-7H2,1-4H3,(H,15,16). The summed E-state index contributed by atoms with van der Waals surface area (Å²) in [5, 5.41) is 17.6. The van der Waals surface area contributed by atoms with Crippen LogP contribution in [0.5, 0.6) is 0 Å². The molecule has 0 aromatic rings. The number of aliphatic hydroxyl groups excluding tert-OH is 1. The first-order chi connectivity index (χ1) is 7.81. The summed E-state index contributed by atoms with van der Waals surface area (Å²) in [6, 6.07) is -0.619. The molecule has 6 heteroatoms. The van der Waals surface area contributed by atoms with E-state index in [1.165, 1.54) is 9.80 Å². The minimum absolute atomic E-state index is 0.0739. The summed E-state index contributed by atoms with van der Waals surface area (Å²) in [5.41, 5.74) is 0. The van der Waals surface area contributed by atoms with Crippen LogP contribution in [0.2, 0.25) is 0 Å². The lowest BCUT2D eigenvalue weighted by Crippen LogP contribution is -2.49. The number of rotatable bonds is 6. The topological polar surface area (TPSA) is 81.1 Å². The minimum Gasteiger partial charge on any atom is -0.481 e. The number of amides is 2. The van der Waals surface area contributed by atoms with Crippen molar-refractivity contribution in [3.63, 3.8) is 0 Å². The molecule has 0 spiro atoms. The molecular weight excluding hydrogens is 224 g/mol. The molecule has 0 aromatic carbocycles. The van der Waals surface area contributed by atoms with E-state index < -0.39 is 5.97 Å². The van der Waals surface area contributed by atoms with Crippen molar-refractivity contribution in [3.8, 4) is 0 Å². The Kier molecular flexibility index (Phi) is 6.57. The van der Waals surface area contributed by atoms with Gasteiger partial charge in [0.15, 0.2) is 0 Å². The summed E-state index contributed by atoms with van der Waals surface area (Å²) in [4.78, 5) is 25.5. The molecule has 0 radical (unpaired) electrons. The number of carboxylic acids is 1. The van der Waals surface area contributed by atoms with Crippen molar-refractivity contribution >= 4 is 12.0 Å². The molecule has 0 aliphatic rings. The van der Waals surface area contributed by atoms with E-state index in [4.69, 9.17) is 10.2 Å². The van der Waals surface area contributed by atoms with Crippen LogP contribution >= 0.6 is 0 Å². The van der Waals surface area contributed by atoms with Crippen LogP contribution in [0.25, 0.3) is 0 Å². The van der Waals surface area contributed by atoms with Crippen LogP contribution in [0, 0.1) is 0 Å². The maximum atomic E-state index is 12.0. The van der Waals surface area contributed by atoms with Crippen molar-refractivity contribution in [2.75, 3.05) is 20.2 Å². The number of aliphatic carboxylic acids is 1. The lowest BCUT2D eigenvalue weighted by Gasteiger charge is -2.33. The summed E-state index contributed by atoms with van der Waals surface area (Å²) in [5.74, 6) is -0.929. The molecule has 17 heavy (non-hydrogen) atoms. The molecule has 0 rings (SSSR count). The van der Waals surface area contributed by atoms with Gasteiger partial charge in [0.1, 0.15) is 0 Å². The average molecular weight is 246 g/mol. The second-order valence-corrected chi connectivity index (χ2v) is 4.36. The van der Waals surface area contributed by atoms with Gasteiger partial charge in [-0.2, -0.15) is 0 Å². The Labute approximate surface area is 102 Å². The molecule has 1 unspecified atom stereocenters. The van der Waals surface area contributed by atoms with E-state index in [0.29, 0.717) is 0 Å². The zero-order valence-electron chi connectivity index (χ0n) is 10.9. The zero-order chi connectivity index (χ0) is 13.6. The molecule has 2 amide bonds. The van der Waals surface area contributed by atoms with Gasteiger partial charge in [0.25, 0.3) is 0 Å². The van der Waals surface area contributed by atoms with Gasteiger partial charge in [0, 0.05) is 19.6 Å². The molecule has 0 bridgehead atoms. The molecular formula is C11H22N2O4. The van der Waals surface area contributed by atoms with Gasteiger partial charge in [0.05, 0.1) is 19.1 Å². The molecule has 0 fully saturated rings. The van der Waals surface area contributed by atoms with Gasteiger partial charge >= 0.3 is 12.0 Å². The van der Waals surface area contributed by atoms with Crippen LogP contribution in [0.3, 0.4) is 0 Å². The summed E-state index contributed by atoms with van der Waals surface area (Å²) in [6.07, 6.45) is -0.0781. The molecule has 0 saturated carbocycles. The number of nitrogens with zero attached hydrogens (tertiary/aromatic N) is 2. The largest absolute Gasteiger partial charge is 0.481 e. The highest BCUT2D eigenvalue weighted by atomic mass is 16.4. The highest BCUT2D eigenvalue weighted by Gasteiger charge is 2.23. The second kappa shape index (κ2) is 7.11. The summed E-state index contributed by atoms with van der Waals surface area (Å²) >= 11 is 0. The maximum absolute atomic E-state index is 12.0. The van der Waals surface area contributed by atoms with Crippen molar-refractivity contribution in [1.82, 2.24) is 9.80 Å². The molecule has 0 aromatic heterocycles. The van der Waals surface area contributed by atoms with E-state index in [-0.39, 0.29) is 37.7 Å². The smallest absolute Gasteiger partial charge is 0.320 e. The van der Waals surface area contributed by atoms with E-state index >= 15 is 0 Å². The lowest BCUT2D eigenvalue weighted by molar-refractivity contribution is -0.137. The third-order valence-electron chi connectivity index (χ3n) is 2.66. The second-order valence-electron chi connectivity index (χ2n) is 4.36. The Bertz CT molecular complexity index is 268. The Morgan fingerprint density at radius 3 is 2.12 bits per heavy atom. The fraction of sp³-hybridized carbons (Fsp3) is 0.818. The molecule has 1 atom stereocenters. The van der Waals surface area contributed by atoms with Gasteiger partial charge in [-0.15, -0.1) is 0 Å². The SMILES string of the molecule is CC(CO)N(C)C(=O)N(CCC(=O)O)C(C)C. The average Bonchev–Trinajstić information content (AvgIpc) is 2.25. The first kappa shape index (κ1) is 15.7. The summed E-state index contributed by atoms with van der Waals surface area (Å²) < 4.78 is 0. The molecule has 0 heterocycles. The molecule has 100 valence electrons. The highest BCUT2D eigenvalue weighted by molar-refractivity contribution is 5.75. The van der Waals surface area contributed by atoms with E-state index in [0.717, 1.165) is 0 Å². The van der Waals surface area contributed by atoms with Crippen molar-refractivity contribution in [2.45, 2.75) is 39.3 Å². The van der Waals surface area contributed by atoms with Crippen LogP contribution in [0.4, 0.5) is 4.79 Å². The van der Waals surface area contributed by atoms with Crippen LogP contribution < -0.4 is 0 Å². The number of hydrogen-bond donors (Lipinski definition) is 2. The van der Waals surface area contributed by atoms with E-state index in [2.05, 4.69) is 0 Å². The predicted molar refractivity (Wildman–Crippen MR) is 63.8 cm³/mol. The number of hydrogen-bond acceptors (Lipinski definition) is 3. The van der Waals surface area contributed by atoms with Crippen molar-refractivity contribution < 1.29 is 19.8 Å². The highest BCUT2D eigenvalue weighted by Crippen LogP contribution is 2.07. The van der Waals surface area contributed by atoms with Gasteiger partial charge in [-0.25, -0.2) is 4.79 Å². The first-order valence-electron chi connectivity index (χ1n) is 5.67. The van der Waals surface area contributed by atoms with Gasteiger partial charge in [-0.05, 0) is 20.8 Å². The van der Waals surface area contributed by atoms with Crippen LogP contribution in [0.1, 0.15) is 27.2 Å². The maximum Gasteiger partial charge on any atom is 0.320 e. The Balaban J connectivity index is 4.59. The number of carbonyl (C=O) groups excluding carboxylic acids is 1. The number of aliphatic hydroxyl groups is 1. The van der Waals surface area contributed by atoms with Crippen molar-refractivity contribution in [1.29, 1.82) is 0 Å². The van der Waals surface area contributed by atoms with Crippen LogP contribution in [0.15, 0.2) is 0 Å². The minimum atomic E-state index is -0.929. The molecule has 0 saturated heterocycles. The van der Waals surface area contributed by atoms with E-state index in [1.54, 1.807) is 14.0 Å². The van der Waals surface area contributed by atoms with Gasteiger partial charge < -0.3 is 20.0 Å². The third kappa shape index (κ3) is 5.04. The van der Waals surface area contributed by atoms with Crippen molar-refractivity contribution in [3.05, 3.63) is 0 Å². The number of carbonyl (C=O) groups is 2. The fourth-order valence-electron chi connectivity index (χ4n) is 1.30. The summed E-state index contributed by atoms with van der Waals surface area (Å²) in [6.45, 7) is 5.45. The summed E-state index contributed by atoms with van der Waals surface area (Å²) in [7, 11) is 1.60. The van der Waals surface area contributed by atoms with Crippen LogP contribution in [-0.4, -0.2) is 64.3 Å². The molecule has 2 N–H and O–H groups in total. The van der Waals surface area contributed by atoms with Gasteiger partial charge in [0.2, 0.25) is 0 Å². The molecule has 6 nitrogen and oxygen atoms in total. The first-order valence-corrected chi connectivity index (χ1v) is 5.67. The van der Waals surface area contributed by atoms with E-state index in [1.807, 2.05) is 13.8 Å². The predicted octanol–water partition coefficient (Wildman–Crippen LogP) is 0.604. The number of urea groups is 1. The van der Waals surface area contributed by atoms with Crippen LogP contribution in [-0.2, 0) is 4.79 Å². The Morgan fingerprint density at radius 1 is 1.24 bits per heavy atom. The Hall–Kier alpha value is -1.30. The molecule has 0 aliphatic heterocycles. The third-order valence-corrected chi connectivity index (χ3v) is 2.66. The molecule has 0 aliphatic carbocycles. The lowest BCUT2D eigenvalue weighted by atomic mass is 10.2. The van der Waals surface area contributed by atoms with Gasteiger partial charge in [-0.3, -0.25) is 4.79 Å². The Morgan fingerprint density at radius 2 is 1.76 bits per heavy atom. The quantitative estimate of drug-likeness (QED) is 0.719. The van der Waals surface area contributed by atoms with E-state index in [9.17, 15) is 9.59 Å². The van der Waals surface area contributed by atoms with Crippen molar-refractivity contribution in [2.24, 2.45) is 0 Å². The zero-order valence-corrected chi connectivity index (χ0v) is 10.9. The fourth-order valence-corrected chi connectivity index (χ4v) is 1.30. The number of carboxylic acid groups (broad SMARTS) is 1. The monoisotopic (exact) mass is 246 g/mol.